The van der Waals surface area contributed by atoms with Crippen molar-refractivity contribution in [3.63, 3.8) is 0 Å². The second-order valence-corrected chi connectivity index (χ2v) is 4.79. The van der Waals surface area contributed by atoms with Gasteiger partial charge in [-0.3, -0.25) is 0 Å². The highest BCUT2D eigenvalue weighted by atomic mass is 35.5. The molecule has 1 heterocycles. The predicted octanol–water partition coefficient (Wildman–Crippen LogP) is 2.83. The first kappa shape index (κ1) is 10.8. The van der Waals surface area contributed by atoms with Crippen molar-refractivity contribution in [1.29, 1.82) is 0 Å². The molecule has 0 aliphatic heterocycles. The third kappa shape index (κ3) is 1.75. The fraction of sp³-hybridized carbons (Fsp3) is 0.385. The van der Waals surface area contributed by atoms with E-state index in [-0.39, 0.29) is 0 Å². The molecular formula is C13H14ClN3. The summed E-state index contributed by atoms with van der Waals surface area (Å²) in [7, 11) is 0. The first-order chi connectivity index (χ1) is 8.29. The van der Waals surface area contributed by atoms with E-state index in [0.29, 0.717) is 11.2 Å². The van der Waals surface area contributed by atoms with E-state index in [4.69, 9.17) is 11.6 Å². The number of aromatic nitrogens is 3. The smallest absolute Gasteiger partial charge is 0.225 e. The number of rotatable bonds is 3. The van der Waals surface area contributed by atoms with Gasteiger partial charge in [0.05, 0.1) is 0 Å². The maximum atomic E-state index is 6.07. The molecule has 3 rings (SSSR count). The summed E-state index contributed by atoms with van der Waals surface area (Å²) in [6, 6.07) is 8.59. The van der Waals surface area contributed by atoms with Gasteiger partial charge in [0.1, 0.15) is 5.82 Å². The Balaban J connectivity index is 1.84. The first-order valence-corrected chi connectivity index (χ1v) is 6.32. The Labute approximate surface area is 105 Å². The Morgan fingerprint density at radius 3 is 2.94 bits per heavy atom. The second kappa shape index (κ2) is 4.15. The molecule has 2 aromatic rings. The molecule has 1 atom stereocenters. The Bertz CT molecular complexity index is 547. The number of aryl methyl sites for hydroxylation is 1. The Morgan fingerprint density at radius 2 is 2.18 bits per heavy atom. The van der Waals surface area contributed by atoms with Gasteiger partial charge < -0.3 is 4.57 Å². The van der Waals surface area contributed by atoms with Crippen LogP contribution in [0.2, 0.25) is 5.28 Å². The van der Waals surface area contributed by atoms with Gasteiger partial charge in [-0.25, -0.2) is 0 Å². The largest absolute Gasteiger partial charge is 0.301 e. The normalized spacial score (nSPS) is 17.6. The molecule has 88 valence electrons. The van der Waals surface area contributed by atoms with Gasteiger partial charge in [-0.2, -0.15) is 0 Å². The average molecular weight is 248 g/mol. The predicted molar refractivity (Wildman–Crippen MR) is 67.3 cm³/mol. The van der Waals surface area contributed by atoms with Crippen LogP contribution in [-0.2, 0) is 19.4 Å². The molecule has 0 spiro atoms. The molecule has 0 amide bonds. The van der Waals surface area contributed by atoms with Gasteiger partial charge in [0.2, 0.25) is 5.28 Å². The van der Waals surface area contributed by atoms with E-state index in [1.54, 1.807) is 0 Å². The highest BCUT2D eigenvalue weighted by Gasteiger charge is 2.27. The zero-order chi connectivity index (χ0) is 11.8. The lowest BCUT2D eigenvalue weighted by atomic mass is 9.77. The van der Waals surface area contributed by atoms with E-state index >= 15 is 0 Å². The Hall–Kier alpha value is -1.35. The lowest BCUT2D eigenvalue weighted by molar-refractivity contribution is 0.497. The second-order valence-electron chi connectivity index (χ2n) is 4.45. The summed E-state index contributed by atoms with van der Waals surface area (Å²) in [6.07, 6.45) is 2.00. The standard InChI is InChI=1S/C13H14ClN3/c1-2-12-15-16-13(14)17(12)8-10-7-9-5-3-4-6-11(9)10/h3-6,10H,2,7-8H2,1H3. The monoisotopic (exact) mass is 247 g/mol. The van der Waals surface area contributed by atoms with Gasteiger partial charge in [0.15, 0.2) is 0 Å². The van der Waals surface area contributed by atoms with Crippen molar-refractivity contribution in [3.8, 4) is 0 Å². The topological polar surface area (TPSA) is 30.7 Å². The molecule has 4 heteroatoms. The van der Waals surface area contributed by atoms with Gasteiger partial charge >= 0.3 is 0 Å². The molecule has 0 radical (unpaired) electrons. The van der Waals surface area contributed by atoms with Crippen LogP contribution in [0.3, 0.4) is 0 Å². The maximum Gasteiger partial charge on any atom is 0.225 e. The van der Waals surface area contributed by atoms with E-state index in [9.17, 15) is 0 Å². The molecule has 1 aromatic heterocycles. The first-order valence-electron chi connectivity index (χ1n) is 5.95. The molecule has 1 aromatic carbocycles. The minimum absolute atomic E-state index is 0.506. The summed E-state index contributed by atoms with van der Waals surface area (Å²) in [5.74, 6) is 1.53. The molecule has 0 saturated carbocycles. The van der Waals surface area contributed by atoms with Crippen molar-refractivity contribution < 1.29 is 0 Å². The van der Waals surface area contributed by atoms with Crippen molar-refractivity contribution >= 4 is 11.6 Å². The highest BCUT2D eigenvalue weighted by molar-refractivity contribution is 6.28. The minimum Gasteiger partial charge on any atom is -0.301 e. The van der Waals surface area contributed by atoms with Crippen LogP contribution in [0.1, 0.15) is 29.8 Å². The van der Waals surface area contributed by atoms with E-state index in [0.717, 1.165) is 25.2 Å². The summed E-state index contributed by atoms with van der Waals surface area (Å²) >= 11 is 6.07. The van der Waals surface area contributed by atoms with Crippen LogP contribution >= 0.6 is 11.6 Å². The summed E-state index contributed by atoms with van der Waals surface area (Å²) < 4.78 is 2.03. The van der Waals surface area contributed by atoms with Gasteiger partial charge in [-0.05, 0) is 29.1 Å². The van der Waals surface area contributed by atoms with Crippen LogP contribution in [0.5, 0.6) is 0 Å². The Morgan fingerprint density at radius 1 is 1.35 bits per heavy atom. The van der Waals surface area contributed by atoms with E-state index < -0.39 is 0 Å². The number of halogens is 1. The van der Waals surface area contributed by atoms with E-state index in [1.165, 1.54) is 11.1 Å². The molecule has 1 aliphatic rings. The molecule has 17 heavy (non-hydrogen) atoms. The summed E-state index contributed by atoms with van der Waals surface area (Å²) in [5.41, 5.74) is 2.90. The summed E-state index contributed by atoms with van der Waals surface area (Å²) in [5, 5.41) is 8.52. The van der Waals surface area contributed by atoms with Crippen LogP contribution in [0.25, 0.3) is 0 Å². The molecule has 0 bridgehead atoms. The molecule has 1 aliphatic carbocycles. The minimum atomic E-state index is 0.506. The van der Waals surface area contributed by atoms with E-state index in [1.807, 2.05) is 4.57 Å². The Kier molecular flexibility index (Phi) is 2.63. The molecular weight excluding hydrogens is 234 g/mol. The van der Waals surface area contributed by atoms with Gasteiger partial charge in [0, 0.05) is 18.9 Å². The average Bonchev–Trinajstić information content (AvgIpc) is 2.67. The zero-order valence-electron chi connectivity index (χ0n) is 9.73. The number of benzene rings is 1. The lowest BCUT2D eigenvalue weighted by Crippen LogP contribution is -2.22. The van der Waals surface area contributed by atoms with Crippen LogP contribution in [-0.4, -0.2) is 14.8 Å². The van der Waals surface area contributed by atoms with Crippen LogP contribution in [0, 0.1) is 0 Å². The van der Waals surface area contributed by atoms with Crippen LogP contribution < -0.4 is 0 Å². The number of nitrogens with zero attached hydrogens (tertiary/aromatic N) is 3. The van der Waals surface area contributed by atoms with Crippen molar-refractivity contribution in [1.82, 2.24) is 14.8 Å². The van der Waals surface area contributed by atoms with E-state index in [2.05, 4.69) is 41.4 Å². The number of hydrogen-bond acceptors (Lipinski definition) is 2. The van der Waals surface area contributed by atoms with Crippen molar-refractivity contribution in [3.05, 3.63) is 46.5 Å². The van der Waals surface area contributed by atoms with Gasteiger partial charge in [0.25, 0.3) is 0 Å². The number of hydrogen-bond donors (Lipinski definition) is 0. The van der Waals surface area contributed by atoms with Gasteiger partial charge in [-0.15, -0.1) is 10.2 Å². The molecule has 1 unspecified atom stereocenters. The number of fused-ring (bicyclic) bond motifs is 1. The van der Waals surface area contributed by atoms with Crippen molar-refractivity contribution in [2.45, 2.75) is 32.2 Å². The van der Waals surface area contributed by atoms with Gasteiger partial charge in [-0.1, -0.05) is 31.2 Å². The molecule has 0 saturated heterocycles. The fourth-order valence-electron chi connectivity index (χ4n) is 2.50. The molecule has 0 fully saturated rings. The lowest BCUT2D eigenvalue weighted by Gasteiger charge is -2.30. The highest BCUT2D eigenvalue weighted by Crippen LogP contribution is 2.36. The van der Waals surface area contributed by atoms with Crippen LogP contribution in [0.4, 0.5) is 0 Å². The zero-order valence-corrected chi connectivity index (χ0v) is 10.5. The quantitative estimate of drug-likeness (QED) is 0.835. The summed E-state index contributed by atoms with van der Waals surface area (Å²) in [6.45, 7) is 2.97. The van der Waals surface area contributed by atoms with Crippen molar-refractivity contribution in [2.75, 3.05) is 0 Å². The third-order valence-corrected chi connectivity index (χ3v) is 3.74. The fourth-order valence-corrected chi connectivity index (χ4v) is 2.71. The van der Waals surface area contributed by atoms with Crippen molar-refractivity contribution in [2.24, 2.45) is 0 Å². The van der Waals surface area contributed by atoms with Crippen LogP contribution in [0.15, 0.2) is 24.3 Å². The summed E-state index contributed by atoms with van der Waals surface area (Å²) in [4.78, 5) is 0. The molecule has 0 N–H and O–H groups in total. The molecule has 3 nitrogen and oxygen atoms in total. The third-order valence-electron chi connectivity index (χ3n) is 3.46. The SMILES string of the molecule is CCc1nnc(Cl)n1CC1Cc2ccccc21. The maximum absolute atomic E-state index is 6.07.